The number of rotatable bonds is 2. The molecule has 3 aromatic rings. The van der Waals surface area contributed by atoms with Crippen molar-refractivity contribution in [2.45, 2.75) is 25.7 Å². The van der Waals surface area contributed by atoms with Gasteiger partial charge in [-0.25, -0.2) is 0 Å². The monoisotopic (exact) mass is 334 g/mol. The lowest BCUT2D eigenvalue weighted by Gasteiger charge is -2.18. The fourth-order valence-corrected chi connectivity index (χ4v) is 3.33. The Labute approximate surface area is 144 Å². The zero-order chi connectivity index (χ0) is 17.4. The first-order valence-electron chi connectivity index (χ1n) is 8.33. The highest BCUT2D eigenvalue weighted by Crippen LogP contribution is 2.37. The van der Waals surface area contributed by atoms with Crippen molar-refractivity contribution in [1.29, 1.82) is 0 Å². The summed E-state index contributed by atoms with van der Waals surface area (Å²) in [4.78, 5) is 9.45. The Balaban J connectivity index is 1.86. The van der Waals surface area contributed by atoms with Crippen LogP contribution in [0.1, 0.15) is 29.7 Å². The summed E-state index contributed by atoms with van der Waals surface area (Å²) in [7, 11) is 0. The molecule has 0 radical (unpaired) electrons. The predicted molar refractivity (Wildman–Crippen MR) is 97.1 cm³/mol. The number of hydrogen-bond donors (Lipinski definition) is 3. The first-order chi connectivity index (χ1) is 12.1. The van der Waals surface area contributed by atoms with E-state index in [0.29, 0.717) is 5.56 Å². The summed E-state index contributed by atoms with van der Waals surface area (Å²) in [5.41, 5.74) is 4.61. The molecule has 1 heterocycles. The molecule has 5 nitrogen and oxygen atoms in total. The lowest BCUT2D eigenvalue weighted by atomic mass is 9.93. The van der Waals surface area contributed by atoms with Gasteiger partial charge in [-0.1, -0.05) is 18.2 Å². The third kappa shape index (κ3) is 2.78. The van der Waals surface area contributed by atoms with E-state index >= 15 is 0 Å². The van der Waals surface area contributed by atoms with Gasteiger partial charge in [0.15, 0.2) is 17.2 Å². The molecular formula is C20H18N2O3. The zero-order valence-electron chi connectivity index (χ0n) is 13.6. The van der Waals surface area contributed by atoms with Crippen LogP contribution >= 0.6 is 0 Å². The molecule has 126 valence electrons. The number of aromatic hydroxyl groups is 3. The normalized spacial score (nSPS) is 14.1. The Morgan fingerprint density at radius 2 is 1.68 bits per heavy atom. The molecule has 0 aliphatic heterocycles. The molecule has 1 aliphatic rings. The van der Waals surface area contributed by atoms with Crippen LogP contribution in [0.25, 0.3) is 10.9 Å². The SMILES string of the molecule is Oc1cc(C=Nc2c3c(nc4ccccc24)CCCC3)cc(O)c1O. The second-order valence-corrected chi connectivity index (χ2v) is 6.28. The number of fused-ring (bicyclic) bond motifs is 2. The summed E-state index contributed by atoms with van der Waals surface area (Å²) in [5, 5.41) is 29.8. The number of phenols is 3. The van der Waals surface area contributed by atoms with Crippen molar-refractivity contribution in [2.24, 2.45) is 4.99 Å². The third-order valence-corrected chi connectivity index (χ3v) is 4.57. The lowest BCUT2D eigenvalue weighted by molar-refractivity contribution is 0.368. The second-order valence-electron chi connectivity index (χ2n) is 6.28. The molecule has 0 fully saturated rings. The van der Waals surface area contributed by atoms with Gasteiger partial charge in [0, 0.05) is 22.9 Å². The summed E-state index contributed by atoms with van der Waals surface area (Å²) in [6, 6.07) is 10.7. The number of phenolic OH excluding ortho intramolecular Hbond substituents is 3. The van der Waals surface area contributed by atoms with Gasteiger partial charge in [-0.15, -0.1) is 0 Å². The maximum atomic E-state index is 9.66. The number of aryl methyl sites for hydroxylation is 1. The van der Waals surface area contributed by atoms with Gasteiger partial charge in [0.25, 0.3) is 0 Å². The molecule has 3 N–H and O–H groups in total. The number of pyridine rings is 1. The summed E-state index contributed by atoms with van der Waals surface area (Å²) < 4.78 is 0. The Hall–Kier alpha value is -3.08. The molecule has 0 amide bonds. The molecule has 0 atom stereocenters. The number of aromatic nitrogens is 1. The van der Waals surface area contributed by atoms with Crippen molar-refractivity contribution in [3.05, 3.63) is 53.2 Å². The van der Waals surface area contributed by atoms with Crippen LogP contribution in [0.15, 0.2) is 41.4 Å². The van der Waals surface area contributed by atoms with Crippen molar-refractivity contribution < 1.29 is 15.3 Å². The Bertz CT molecular complexity index is 973. The molecule has 4 rings (SSSR count). The number of para-hydroxylation sites is 1. The van der Waals surface area contributed by atoms with Crippen molar-refractivity contribution in [3.8, 4) is 17.2 Å². The van der Waals surface area contributed by atoms with Crippen molar-refractivity contribution in [2.75, 3.05) is 0 Å². The van der Waals surface area contributed by atoms with Crippen LogP contribution in [0, 0.1) is 0 Å². The van der Waals surface area contributed by atoms with E-state index in [4.69, 9.17) is 4.98 Å². The van der Waals surface area contributed by atoms with E-state index in [-0.39, 0.29) is 11.5 Å². The van der Waals surface area contributed by atoms with Crippen molar-refractivity contribution >= 4 is 22.8 Å². The minimum atomic E-state index is -0.524. The zero-order valence-corrected chi connectivity index (χ0v) is 13.6. The highest BCUT2D eigenvalue weighted by atomic mass is 16.3. The van der Waals surface area contributed by atoms with Crippen LogP contribution < -0.4 is 0 Å². The van der Waals surface area contributed by atoms with Gasteiger partial charge in [-0.2, -0.15) is 0 Å². The van der Waals surface area contributed by atoms with E-state index in [1.165, 1.54) is 17.7 Å². The van der Waals surface area contributed by atoms with Crippen molar-refractivity contribution in [3.63, 3.8) is 0 Å². The lowest BCUT2D eigenvalue weighted by Crippen LogP contribution is -2.06. The van der Waals surface area contributed by atoms with Gasteiger partial charge in [0.2, 0.25) is 0 Å². The largest absolute Gasteiger partial charge is 0.504 e. The maximum Gasteiger partial charge on any atom is 0.200 e. The summed E-state index contributed by atoms with van der Waals surface area (Å²) in [6.45, 7) is 0. The molecule has 0 saturated carbocycles. The van der Waals surface area contributed by atoms with E-state index in [2.05, 4.69) is 4.99 Å². The first-order valence-corrected chi connectivity index (χ1v) is 8.33. The predicted octanol–water partition coefficient (Wildman–Crippen LogP) is 3.98. The fourth-order valence-electron chi connectivity index (χ4n) is 3.33. The maximum absolute atomic E-state index is 9.66. The van der Waals surface area contributed by atoms with Gasteiger partial charge in [-0.3, -0.25) is 9.98 Å². The first kappa shape index (κ1) is 15.4. The Morgan fingerprint density at radius 1 is 0.960 bits per heavy atom. The molecule has 0 unspecified atom stereocenters. The van der Waals surface area contributed by atoms with E-state index in [9.17, 15) is 15.3 Å². The quantitative estimate of drug-likeness (QED) is 0.489. The minimum Gasteiger partial charge on any atom is -0.504 e. The van der Waals surface area contributed by atoms with Crippen LogP contribution in [0.3, 0.4) is 0 Å². The molecular weight excluding hydrogens is 316 g/mol. The molecule has 25 heavy (non-hydrogen) atoms. The average Bonchev–Trinajstić information content (AvgIpc) is 2.63. The van der Waals surface area contributed by atoms with Crippen LogP contribution in [-0.4, -0.2) is 26.5 Å². The summed E-state index contributed by atoms with van der Waals surface area (Å²) in [5.74, 6) is -1.27. The van der Waals surface area contributed by atoms with Gasteiger partial charge < -0.3 is 15.3 Å². The molecule has 0 bridgehead atoms. The highest BCUT2D eigenvalue weighted by Gasteiger charge is 2.17. The molecule has 1 aromatic heterocycles. The molecule has 2 aromatic carbocycles. The topological polar surface area (TPSA) is 85.9 Å². The van der Waals surface area contributed by atoms with Crippen LogP contribution in [-0.2, 0) is 12.8 Å². The van der Waals surface area contributed by atoms with Gasteiger partial charge in [-0.05, 0) is 49.4 Å². The Kier molecular flexibility index (Phi) is 3.76. The van der Waals surface area contributed by atoms with E-state index < -0.39 is 5.75 Å². The van der Waals surface area contributed by atoms with Gasteiger partial charge >= 0.3 is 0 Å². The van der Waals surface area contributed by atoms with E-state index in [0.717, 1.165) is 48.0 Å². The van der Waals surface area contributed by atoms with Gasteiger partial charge in [0.1, 0.15) is 0 Å². The van der Waals surface area contributed by atoms with E-state index in [1.807, 2.05) is 24.3 Å². The highest BCUT2D eigenvalue weighted by molar-refractivity contribution is 5.95. The number of aliphatic imine (C=N–C) groups is 1. The van der Waals surface area contributed by atoms with E-state index in [1.54, 1.807) is 6.21 Å². The molecule has 1 aliphatic carbocycles. The second kappa shape index (κ2) is 6.09. The average molecular weight is 334 g/mol. The summed E-state index contributed by atoms with van der Waals surface area (Å²) >= 11 is 0. The molecule has 5 heteroatoms. The Morgan fingerprint density at radius 3 is 2.48 bits per heavy atom. The summed E-state index contributed by atoms with van der Waals surface area (Å²) in [6.07, 6.45) is 5.77. The third-order valence-electron chi connectivity index (χ3n) is 4.57. The minimum absolute atomic E-state index is 0.372. The molecule has 0 saturated heterocycles. The van der Waals surface area contributed by atoms with Crippen LogP contribution in [0.2, 0.25) is 0 Å². The van der Waals surface area contributed by atoms with Crippen LogP contribution in [0.4, 0.5) is 5.69 Å². The fraction of sp³-hybridized carbons (Fsp3) is 0.200. The van der Waals surface area contributed by atoms with Crippen molar-refractivity contribution in [1.82, 2.24) is 4.98 Å². The smallest absolute Gasteiger partial charge is 0.200 e. The number of benzene rings is 2. The number of nitrogens with zero attached hydrogens (tertiary/aromatic N) is 2. The molecule has 0 spiro atoms. The van der Waals surface area contributed by atoms with Crippen LogP contribution in [0.5, 0.6) is 17.2 Å². The van der Waals surface area contributed by atoms with Gasteiger partial charge in [0.05, 0.1) is 11.2 Å². The number of hydrogen-bond acceptors (Lipinski definition) is 5. The standard InChI is InChI=1S/C20H18N2O3/c23-17-9-12(10-18(24)20(17)25)11-21-19-13-5-1-3-7-15(13)22-16-8-4-2-6-14(16)19/h1,3,5,7,9-11,23-25H,2,4,6,8H2.